The van der Waals surface area contributed by atoms with Crippen LogP contribution < -0.4 is 5.32 Å². The van der Waals surface area contributed by atoms with Gasteiger partial charge >= 0.3 is 5.97 Å². The lowest BCUT2D eigenvalue weighted by Gasteiger charge is -2.29. The van der Waals surface area contributed by atoms with Gasteiger partial charge in [-0.25, -0.2) is 4.79 Å². The van der Waals surface area contributed by atoms with E-state index in [1.54, 1.807) is 18.3 Å². The van der Waals surface area contributed by atoms with Crippen molar-refractivity contribution in [1.82, 2.24) is 4.90 Å². The molecule has 1 aliphatic rings. The number of hydrogen-bond acceptors (Lipinski definition) is 6. The first-order valence-electron chi connectivity index (χ1n) is 7.67. The molecule has 1 fully saturated rings. The number of thiocarbonyl (C=S) groups is 1. The zero-order chi connectivity index (χ0) is 16.9. The number of ether oxygens (including phenoxy) is 2. The Morgan fingerprint density at radius 2 is 2.21 bits per heavy atom. The molecular formula is C16H18N2O3S3. The number of carbonyl (C=O) groups excluding carboxylic acids is 1. The third kappa shape index (κ3) is 3.77. The molecule has 1 N–H and O–H groups in total. The molecule has 0 saturated carbocycles. The standard InChI is InChI=1S/C16H18N2O3S3/c1-2-21-15(19)13-11(12-4-3-9-23-12)10-24-14(13)17-16(22)18-5-7-20-8-6-18/h3-4,9-10H,2,5-8H2,1H3,(H,17,22). The number of nitrogens with one attached hydrogen (secondary N) is 1. The molecule has 0 atom stereocenters. The fourth-order valence-corrected chi connectivity index (χ4v) is 4.53. The largest absolute Gasteiger partial charge is 0.462 e. The molecule has 0 amide bonds. The van der Waals surface area contributed by atoms with Gasteiger partial charge in [0.1, 0.15) is 10.6 Å². The zero-order valence-electron chi connectivity index (χ0n) is 13.2. The van der Waals surface area contributed by atoms with Crippen LogP contribution in [-0.4, -0.2) is 48.9 Å². The van der Waals surface area contributed by atoms with Crippen LogP contribution in [0.2, 0.25) is 0 Å². The van der Waals surface area contributed by atoms with Crippen LogP contribution in [0.3, 0.4) is 0 Å². The molecule has 0 bridgehead atoms. The third-order valence-corrected chi connectivity index (χ3v) is 5.73. The Hall–Kier alpha value is -1.48. The van der Waals surface area contributed by atoms with Crippen LogP contribution in [0.5, 0.6) is 0 Å². The average Bonchev–Trinajstić information content (AvgIpc) is 3.25. The summed E-state index contributed by atoms with van der Waals surface area (Å²) in [5, 5.41) is 8.54. The lowest BCUT2D eigenvalue weighted by molar-refractivity contribution is 0.0529. The van der Waals surface area contributed by atoms with Gasteiger partial charge in [-0.3, -0.25) is 0 Å². The van der Waals surface area contributed by atoms with Crippen LogP contribution in [0.25, 0.3) is 10.4 Å². The minimum absolute atomic E-state index is 0.325. The fraction of sp³-hybridized carbons (Fsp3) is 0.375. The molecule has 2 aromatic rings. The fourth-order valence-electron chi connectivity index (χ4n) is 2.41. The highest BCUT2D eigenvalue weighted by Gasteiger charge is 2.24. The summed E-state index contributed by atoms with van der Waals surface area (Å²) < 4.78 is 10.6. The Bertz CT molecular complexity index is 706. The van der Waals surface area contributed by atoms with Crippen molar-refractivity contribution in [2.24, 2.45) is 0 Å². The van der Waals surface area contributed by atoms with E-state index in [4.69, 9.17) is 21.7 Å². The van der Waals surface area contributed by atoms with E-state index in [0.717, 1.165) is 28.5 Å². The molecule has 5 nitrogen and oxygen atoms in total. The van der Waals surface area contributed by atoms with E-state index in [1.165, 1.54) is 11.3 Å². The summed E-state index contributed by atoms with van der Waals surface area (Å²) in [6.07, 6.45) is 0. The van der Waals surface area contributed by atoms with Crippen LogP contribution in [0.1, 0.15) is 17.3 Å². The quantitative estimate of drug-likeness (QED) is 0.643. The van der Waals surface area contributed by atoms with Gasteiger partial charge in [-0.2, -0.15) is 0 Å². The second-order valence-electron chi connectivity index (χ2n) is 5.08. The van der Waals surface area contributed by atoms with E-state index in [9.17, 15) is 4.79 Å². The predicted molar refractivity (Wildman–Crippen MR) is 102 cm³/mol. The van der Waals surface area contributed by atoms with Crippen molar-refractivity contribution in [3.8, 4) is 10.4 Å². The van der Waals surface area contributed by atoms with Gasteiger partial charge in [-0.1, -0.05) is 6.07 Å². The van der Waals surface area contributed by atoms with Crippen molar-refractivity contribution in [2.45, 2.75) is 6.92 Å². The highest BCUT2D eigenvalue weighted by molar-refractivity contribution is 7.80. The van der Waals surface area contributed by atoms with Crippen LogP contribution in [0, 0.1) is 0 Å². The lowest BCUT2D eigenvalue weighted by atomic mass is 10.1. The number of thiophene rings is 2. The minimum Gasteiger partial charge on any atom is -0.462 e. The smallest absolute Gasteiger partial charge is 0.341 e. The molecule has 1 aliphatic heterocycles. The Labute approximate surface area is 154 Å². The van der Waals surface area contributed by atoms with Gasteiger partial charge in [-0.15, -0.1) is 22.7 Å². The SMILES string of the molecule is CCOC(=O)c1c(-c2cccs2)csc1NC(=S)N1CCOCC1. The van der Waals surface area contributed by atoms with Crippen LogP contribution >= 0.6 is 34.9 Å². The van der Waals surface area contributed by atoms with Crippen LogP contribution in [0.15, 0.2) is 22.9 Å². The Kier molecular flexibility index (Phi) is 5.83. The van der Waals surface area contributed by atoms with Crippen molar-refractivity contribution in [2.75, 3.05) is 38.2 Å². The topological polar surface area (TPSA) is 50.8 Å². The van der Waals surface area contributed by atoms with Gasteiger partial charge in [0.2, 0.25) is 0 Å². The first-order valence-corrected chi connectivity index (χ1v) is 9.83. The second-order valence-corrected chi connectivity index (χ2v) is 7.29. The van der Waals surface area contributed by atoms with Crippen molar-refractivity contribution in [3.05, 3.63) is 28.5 Å². The molecule has 3 rings (SSSR count). The summed E-state index contributed by atoms with van der Waals surface area (Å²) in [4.78, 5) is 15.6. The van der Waals surface area contributed by atoms with E-state index in [1.807, 2.05) is 22.9 Å². The summed E-state index contributed by atoms with van der Waals surface area (Å²) in [7, 11) is 0. The zero-order valence-corrected chi connectivity index (χ0v) is 15.7. The number of anilines is 1. The maximum absolute atomic E-state index is 12.5. The monoisotopic (exact) mass is 382 g/mol. The number of carbonyl (C=O) groups is 1. The molecule has 0 spiro atoms. The first-order chi connectivity index (χ1) is 11.7. The maximum Gasteiger partial charge on any atom is 0.341 e. The molecule has 0 unspecified atom stereocenters. The molecule has 24 heavy (non-hydrogen) atoms. The molecule has 0 radical (unpaired) electrons. The number of rotatable bonds is 4. The van der Waals surface area contributed by atoms with E-state index in [-0.39, 0.29) is 5.97 Å². The van der Waals surface area contributed by atoms with Crippen LogP contribution in [-0.2, 0) is 9.47 Å². The molecule has 128 valence electrons. The number of nitrogens with zero attached hydrogens (tertiary/aromatic N) is 1. The summed E-state index contributed by atoms with van der Waals surface area (Å²) in [6.45, 7) is 4.98. The van der Waals surface area contributed by atoms with Crippen molar-refractivity contribution in [1.29, 1.82) is 0 Å². The van der Waals surface area contributed by atoms with E-state index >= 15 is 0 Å². The maximum atomic E-state index is 12.5. The average molecular weight is 383 g/mol. The lowest BCUT2D eigenvalue weighted by Crippen LogP contribution is -2.42. The highest BCUT2D eigenvalue weighted by atomic mass is 32.1. The summed E-state index contributed by atoms with van der Waals surface area (Å²) in [5.74, 6) is -0.325. The summed E-state index contributed by atoms with van der Waals surface area (Å²) in [5.41, 5.74) is 1.45. The molecule has 8 heteroatoms. The summed E-state index contributed by atoms with van der Waals surface area (Å²) in [6, 6.07) is 3.97. The van der Waals surface area contributed by atoms with E-state index in [0.29, 0.717) is 30.5 Å². The predicted octanol–water partition coefficient (Wildman–Crippen LogP) is 3.68. The molecular weight excluding hydrogens is 364 g/mol. The molecule has 1 saturated heterocycles. The molecule has 0 aromatic carbocycles. The number of esters is 1. The molecule has 0 aliphatic carbocycles. The van der Waals surface area contributed by atoms with Gasteiger partial charge in [0.15, 0.2) is 5.11 Å². The first kappa shape index (κ1) is 17.3. The van der Waals surface area contributed by atoms with Gasteiger partial charge in [0, 0.05) is 28.9 Å². The molecule has 2 aromatic heterocycles. The molecule has 3 heterocycles. The summed E-state index contributed by atoms with van der Waals surface area (Å²) >= 11 is 8.56. The normalized spacial score (nSPS) is 14.5. The second kappa shape index (κ2) is 8.06. The Balaban J connectivity index is 1.86. The van der Waals surface area contributed by atoms with E-state index in [2.05, 4.69) is 10.2 Å². The van der Waals surface area contributed by atoms with Crippen molar-refractivity contribution < 1.29 is 14.3 Å². The van der Waals surface area contributed by atoms with Crippen molar-refractivity contribution in [3.63, 3.8) is 0 Å². The Morgan fingerprint density at radius 1 is 1.42 bits per heavy atom. The van der Waals surface area contributed by atoms with Crippen LogP contribution in [0.4, 0.5) is 5.00 Å². The van der Waals surface area contributed by atoms with Gasteiger partial charge in [0.05, 0.1) is 19.8 Å². The highest BCUT2D eigenvalue weighted by Crippen LogP contribution is 2.38. The Morgan fingerprint density at radius 3 is 2.88 bits per heavy atom. The third-order valence-electron chi connectivity index (χ3n) is 3.58. The van der Waals surface area contributed by atoms with E-state index < -0.39 is 0 Å². The van der Waals surface area contributed by atoms with Gasteiger partial charge in [-0.05, 0) is 30.6 Å². The van der Waals surface area contributed by atoms with Gasteiger partial charge in [0.25, 0.3) is 0 Å². The minimum atomic E-state index is -0.325. The number of morpholine rings is 1. The number of hydrogen-bond donors (Lipinski definition) is 1. The van der Waals surface area contributed by atoms with Crippen molar-refractivity contribution >= 4 is 51.0 Å². The van der Waals surface area contributed by atoms with Gasteiger partial charge < -0.3 is 19.7 Å².